The molecule has 4 heterocycles. The molecule has 0 unspecified atom stereocenters. The maximum Gasteiger partial charge on any atom is 0.141 e. The molecule has 2 aromatic carbocycles. The summed E-state index contributed by atoms with van der Waals surface area (Å²) in [6.45, 7) is 3.29. The van der Waals surface area contributed by atoms with Gasteiger partial charge in [-0.3, -0.25) is 9.11 Å². The number of H-pyrrole nitrogens is 1. The van der Waals surface area contributed by atoms with Crippen molar-refractivity contribution in [2.75, 3.05) is 42.7 Å². The van der Waals surface area contributed by atoms with Gasteiger partial charge in [-0.05, 0) is 42.0 Å². The highest BCUT2D eigenvalue weighted by molar-refractivity contribution is 8.24. The molecule has 2 saturated heterocycles. The lowest BCUT2D eigenvalue weighted by Gasteiger charge is -2.39. The molecule has 2 aliphatic heterocycles. The first-order valence-electron chi connectivity index (χ1n) is 12.7. The Bertz CT molecular complexity index is 1480. The third-order valence-corrected chi connectivity index (χ3v) is 8.96. The van der Waals surface area contributed by atoms with Gasteiger partial charge in [0.05, 0.1) is 24.5 Å². The highest BCUT2D eigenvalue weighted by Gasteiger charge is 2.26. The number of anilines is 1. The van der Waals surface area contributed by atoms with E-state index in [4.69, 9.17) is 9.47 Å². The lowest BCUT2D eigenvalue weighted by atomic mass is 10.0. The van der Waals surface area contributed by atoms with Gasteiger partial charge in [0.1, 0.15) is 29.9 Å². The third kappa shape index (κ3) is 5.06. The van der Waals surface area contributed by atoms with Crippen molar-refractivity contribution in [1.82, 2.24) is 15.0 Å². The number of ether oxygens (including phenoxy) is 2. The number of rotatable bonds is 5. The number of nitrogens with one attached hydrogen (secondary N) is 1. The van der Waals surface area contributed by atoms with E-state index >= 15 is 0 Å². The van der Waals surface area contributed by atoms with E-state index in [2.05, 4.69) is 50.2 Å². The summed E-state index contributed by atoms with van der Waals surface area (Å²) in [7, 11) is -2.48. The van der Waals surface area contributed by atoms with Gasteiger partial charge in [0.15, 0.2) is 0 Å². The van der Waals surface area contributed by atoms with Gasteiger partial charge >= 0.3 is 0 Å². The van der Waals surface area contributed by atoms with Gasteiger partial charge in [-0.15, -0.1) is 0 Å². The second kappa shape index (κ2) is 10.3. The zero-order valence-electron chi connectivity index (χ0n) is 20.8. The van der Waals surface area contributed by atoms with Crippen LogP contribution in [-0.2, 0) is 4.74 Å². The van der Waals surface area contributed by atoms with Crippen molar-refractivity contribution in [1.29, 1.82) is 5.26 Å². The van der Waals surface area contributed by atoms with Crippen LogP contribution >= 0.6 is 10.6 Å². The summed E-state index contributed by atoms with van der Waals surface area (Å²) in [6, 6.07) is 18.2. The largest absolute Gasteiger partial charge is 0.489 e. The van der Waals surface area contributed by atoms with E-state index in [1.807, 2.05) is 12.1 Å². The van der Waals surface area contributed by atoms with Crippen molar-refractivity contribution in [3.05, 3.63) is 60.4 Å². The summed E-state index contributed by atoms with van der Waals surface area (Å²) in [5.41, 5.74) is 5.85. The Kier molecular flexibility index (Phi) is 6.68. The fraction of sp³-hybridized carbons (Fsp3) is 0.321. The van der Waals surface area contributed by atoms with Crippen molar-refractivity contribution in [2.45, 2.75) is 18.9 Å². The molecule has 0 radical (unpaired) electrons. The number of aromatic nitrogens is 3. The van der Waals surface area contributed by atoms with Crippen molar-refractivity contribution in [2.24, 2.45) is 0 Å². The van der Waals surface area contributed by atoms with Crippen LogP contribution in [0, 0.1) is 11.3 Å². The molecule has 0 aliphatic carbocycles. The van der Waals surface area contributed by atoms with Gasteiger partial charge in [0.25, 0.3) is 0 Å². The van der Waals surface area contributed by atoms with Crippen LogP contribution < -0.4 is 9.64 Å². The number of nitrogens with zero attached hydrogens (tertiary/aromatic N) is 4. The number of fused-ring (bicyclic) bond motifs is 1. The maximum atomic E-state index is 9.86. The van der Waals surface area contributed by atoms with Gasteiger partial charge in [0.2, 0.25) is 0 Å². The summed E-state index contributed by atoms with van der Waals surface area (Å²) in [6.07, 6.45) is 2.50. The summed E-state index contributed by atoms with van der Waals surface area (Å²) in [5, 5.41) is 10.7. The Morgan fingerprint density at radius 2 is 1.74 bits per heavy atom. The van der Waals surface area contributed by atoms with Gasteiger partial charge in [-0.1, -0.05) is 12.1 Å². The molecule has 2 fully saturated rings. The van der Waals surface area contributed by atoms with E-state index in [0.717, 1.165) is 59.9 Å². The van der Waals surface area contributed by atoms with E-state index in [9.17, 15) is 14.4 Å². The van der Waals surface area contributed by atoms with Crippen LogP contribution in [0.15, 0.2) is 54.9 Å². The second-order valence-electron chi connectivity index (χ2n) is 9.66. The van der Waals surface area contributed by atoms with Crippen LogP contribution in [-0.4, -0.2) is 68.0 Å². The molecule has 0 saturated carbocycles. The predicted molar refractivity (Wildman–Crippen MR) is 149 cm³/mol. The first-order valence-corrected chi connectivity index (χ1v) is 14.6. The van der Waals surface area contributed by atoms with Crippen LogP contribution in [0.2, 0.25) is 0 Å². The Morgan fingerprint density at radius 3 is 2.47 bits per heavy atom. The number of benzene rings is 2. The number of hydrogen-bond donors (Lipinski definition) is 3. The van der Waals surface area contributed by atoms with Crippen LogP contribution in [0.4, 0.5) is 5.69 Å². The fourth-order valence-corrected chi connectivity index (χ4v) is 6.54. The summed E-state index contributed by atoms with van der Waals surface area (Å²) in [4.78, 5) is 14.7. The fourth-order valence-electron chi connectivity index (χ4n) is 5.05. The molecular weight excluding hydrogens is 502 g/mol. The second-order valence-corrected chi connectivity index (χ2v) is 12.1. The van der Waals surface area contributed by atoms with Gasteiger partial charge in [-0.25, -0.2) is 9.97 Å². The van der Waals surface area contributed by atoms with Crippen molar-refractivity contribution < 1.29 is 18.6 Å². The van der Waals surface area contributed by atoms with E-state index in [1.165, 1.54) is 12.0 Å². The molecule has 0 bridgehead atoms. The standard InChI is InChI=1S/C28H29N5O4S/c29-17-21-15-20(3-6-26(21)37-23-7-13-38(34,35)14-8-23)27-24-16-25(32-28(24)31-18-30-27)19-1-4-22(5-2-19)33-9-11-36-12-10-33/h1-6,15-16,18,23,34-35H,7-14H2,(H,30,31,32). The van der Waals surface area contributed by atoms with E-state index in [-0.39, 0.29) is 6.10 Å². The highest BCUT2D eigenvalue weighted by Crippen LogP contribution is 2.45. The van der Waals surface area contributed by atoms with Crippen LogP contribution in [0.25, 0.3) is 33.5 Å². The summed E-state index contributed by atoms with van der Waals surface area (Å²) in [5.74, 6) is 1.17. The number of aromatic amines is 1. The zero-order chi connectivity index (χ0) is 26.1. The molecule has 196 valence electrons. The van der Waals surface area contributed by atoms with Crippen molar-refractivity contribution in [3.63, 3.8) is 0 Å². The number of nitriles is 1. The molecule has 9 nitrogen and oxygen atoms in total. The smallest absolute Gasteiger partial charge is 0.141 e. The SMILES string of the molecule is N#Cc1cc(-c2ncnc3[nH]c(-c4ccc(N5CCOCC5)cc4)cc23)ccc1OC1CCS(O)(O)CC1. The maximum absolute atomic E-state index is 9.86. The van der Waals surface area contributed by atoms with E-state index in [0.29, 0.717) is 35.7 Å². The van der Waals surface area contributed by atoms with Gasteiger partial charge < -0.3 is 19.4 Å². The molecule has 4 aromatic rings. The monoisotopic (exact) mass is 531 g/mol. The lowest BCUT2D eigenvalue weighted by Crippen LogP contribution is -2.36. The van der Waals surface area contributed by atoms with Gasteiger partial charge in [-0.2, -0.15) is 15.9 Å². The first-order chi connectivity index (χ1) is 18.5. The Hall–Kier alpha value is -3.62. The van der Waals surface area contributed by atoms with Crippen molar-refractivity contribution >= 4 is 27.3 Å². The van der Waals surface area contributed by atoms with Crippen molar-refractivity contribution in [3.8, 4) is 34.3 Å². The van der Waals surface area contributed by atoms with Crippen LogP contribution in [0.1, 0.15) is 18.4 Å². The average molecular weight is 532 g/mol. The molecule has 3 N–H and O–H groups in total. The molecule has 0 spiro atoms. The lowest BCUT2D eigenvalue weighted by molar-refractivity contribution is 0.122. The molecular formula is C28H29N5O4S. The summed E-state index contributed by atoms with van der Waals surface area (Å²) >= 11 is 0. The molecule has 2 aliphatic rings. The third-order valence-electron chi connectivity index (χ3n) is 7.18. The Balaban J connectivity index is 1.26. The Labute approximate surface area is 222 Å². The first kappa shape index (κ1) is 24.7. The molecule has 0 amide bonds. The number of morpholine rings is 1. The number of hydrogen-bond acceptors (Lipinski definition) is 8. The van der Waals surface area contributed by atoms with E-state index < -0.39 is 10.6 Å². The average Bonchev–Trinajstić information content (AvgIpc) is 3.40. The van der Waals surface area contributed by atoms with Crippen LogP contribution in [0.3, 0.4) is 0 Å². The molecule has 10 heteroatoms. The minimum atomic E-state index is -2.48. The molecule has 2 aromatic heterocycles. The van der Waals surface area contributed by atoms with E-state index in [1.54, 1.807) is 12.1 Å². The normalized spacial score (nSPS) is 18.7. The molecule has 6 rings (SSSR count). The van der Waals surface area contributed by atoms with Crippen LogP contribution in [0.5, 0.6) is 5.75 Å². The quantitative estimate of drug-likeness (QED) is 0.317. The van der Waals surface area contributed by atoms with Gasteiger partial charge in [0, 0.05) is 59.8 Å². The molecule has 38 heavy (non-hydrogen) atoms. The topological polar surface area (TPSA) is 128 Å². The minimum absolute atomic E-state index is 0.138. The highest BCUT2D eigenvalue weighted by atomic mass is 32.3. The Morgan fingerprint density at radius 1 is 1.00 bits per heavy atom. The zero-order valence-corrected chi connectivity index (χ0v) is 21.7. The minimum Gasteiger partial charge on any atom is -0.489 e. The molecule has 0 atom stereocenters. The predicted octanol–water partition coefficient (Wildman–Crippen LogP) is 5.29. The summed E-state index contributed by atoms with van der Waals surface area (Å²) < 4.78 is 31.3.